The van der Waals surface area contributed by atoms with Crippen LogP contribution in [-0.2, 0) is 0 Å². The fourth-order valence-corrected chi connectivity index (χ4v) is 1.58. The molecule has 2 aromatic rings. The molecule has 76 valence electrons. The van der Waals surface area contributed by atoms with Crippen LogP contribution >= 0.6 is 0 Å². The van der Waals surface area contributed by atoms with Crippen LogP contribution in [0.25, 0.3) is 10.9 Å². The average Bonchev–Trinajstić information content (AvgIpc) is 2.16. The Hall–Kier alpha value is -1.97. The number of aryl methyl sites for hydroxylation is 2. The van der Waals surface area contributed by atoms with Gasteiger partial charge in [0.15, 0.2) is 0 Å². The van der Waals surface area contributed by atoms with E-state index >= 15 is 0 Å². The quantitative estimate of drug-likeness (QED) is 0.757. The van der Waals surface area contributed by atoms with Gasteiger partial charge in [-0.3, -0.25) is 4.79 Å². The highest BCUT2D eigenvalue weighted by molar-refractivity contribution is 5.97. The Morgan fingerprint density at radius 3 is 2.67 bits per heavy atom. The SMILES string of the molecule is Cc1nc(C)c2cc(C(N)=O)ccc2n1. The van der Waals surface area contributed by atoms with Gasteiger partial charge in [-0.2, -0.15) is 0 Å². The number of hydrogen-bond donors (Lipinski definition) is 1. The minimum absolute atomic E-state index is 0.433. The number of benzene rings is 1. The van der Waals surface area contributed by atoms with E-state index in [9.17, 15) is 4.79 Å². The molecule has 2 N–H and O–H groups in total. The molecule has 0 aliphatic heterocycles. The van der Waals surface area contributed by atoms with Gasteiger partial charge in [0.25, 0.3) is 0 Å². The molecule has 0 saturated carbocycles. The van der Waals surface area contributed by atoms with Gasteiger partial charge in [-0.15, -0.1) is 0 Å². The van der Waals surface area contributed by atoms with Crippen LogP contribution in [0, 0.1) is 13.8 Å². The summed E-state index contributed by atoms with van der Waals surface area (Å²) in [6.07, 6.45) is 0. The molecule has 2 rings (SSSR count). The van der Waals surface area contributed by atoms with Crippen LogP contribution in [0.5, 0.6) is 0 Å². The second-order valence-corrected chi connectivity index (χ2v) is 3.45. The topological polar surface area (TPSA) is 68.9 Å². The van der Waals surface area contributed by atoms with Crippen molar-refractivity contribution < 1.29 is 4.79 Å². The van der Waals surface area contributed by atoms with Crippen LogP contribution < -0.4 is 5.73 Å². The number of hydrogen-bond acceptors (Lipinski definition) is 3. The van der Waals surface area contributed by atoms with E-state index in [0.717, 1.165) is 22.4 Å². The van der Waals surface area contributed by atoms with E-state index in [-0.39, 0.29) is 0 Å². The van der Waals surface area contributed by atoms with Gasteiger partial charge in [-0.25, -0.2) is 9.97 Å². The van der Waals surface area contributed by atoms with Gasteiger partial charge in [-0.05, 0) is 32.0 Å². The van der Waals surface area contributed by atoms with Crippen molar-refractivity contribution in [1.82, 2.24) is 9.97 Å². The minimum Gasteiger partial charge on any atom is -0.366 e. The molecule has 4 nitrogen and oxygen atoms in total. The smallest absolute Gasteiger partial charge is 0.248 e. The number of carbonyl (C=O) groups is 1. The highest BCUT2D eigenvalue weighted by atomic mass is 16.1. The number of rotatable bonds is 1. The zero-order valence-electron chi connectivity index (χ0n) is 8.61. The van der Waals surface area contributed by atoms with Crippen LogP contribution in [0.2, 0.25) is 0 Å². The lowest BCUT2D eigenvalue weighted by molar-refractivity contribution is 0.100. The van der Waals surface area contributed by atoms with Crippen molar-refractivity contribution in [2.24, 2.45) is 5.73 Å². The Balaban J connectivity index is 2.76. The number of nitrogens with zero attached hydrogens (tertiary/aromatic N) is 2. The first-order valence-electron chi connectivity index (χ1n) is 4.63. The van der Waals surface area contributed by atoms with Gasteiger partial charge < -0.3 is 5.73 Å². The Morgan fingerprint density at radius 1 is 1.27 bits per heavy atom. The number of primary amides is 1. The standard InChI is InChI=1S/C11H11N3O/c1-6-9-5-8(11(12)15)3-4-10(9)14-7(2)13-6/h3-5H,1-2H3,(H2,12,15). The number of aromatic nitrogens is 2. The van der Waals surface area contributed by atoms with Crippen LogP contribution in [0.3, 0.4) is 0 Å². The number of nitrogens with two attached hydrogens (primary N) is 1. The summed E-state index contributed by atoms with van der Waals surface area (Å²) in [6, 6.07) is 5.19. The molecule has 0 saturated heterocycles. The lowest BCUT2D eigenvalue weighted by atomic mass is 10.1. The molecule has 0 unspecified atom stereocenters. The summed E-state index contributed by atoms with van der Waals surface area (Å²) >= 11 is 0. The van der Waals surface area contributed by atoms with Crippen molar-refractivity contribution in [3.63, 3.8) is 0 Å². The molecule has 0 aliphatic rings. The molecule has 0 bridgehead atoms. The highest BCUT2D eigenvalue weighted by Gasteiger charge is 2.05. The Labute approximate surface area is 87.1 Å². The molecule has 1 heterocycles. The van der Waals surface area contributed by atoms with E-state index in [0.29, 0.717) is 5.56 Å². The summed E-state index contributed by atoms with van der Waals surface area (Å²) in [5.41, 5.74) is 7.39. The molecule has 15 heavy (non-hydrogen) atoms. The highest BCUT2D eigenvalue weighted by Crippen LogP contribution is 2.16. The van der Waals surface area contributed by atoms with Crippen molar-refractivity contribution in [1.29, 1.82) is 0 Å². The number of amides is 1. The van der Waals surface area contributed by atoms with E-state index in [2.05, 4.69) is 9.97 Å². The van der Waals surface area contributed by atoms with E-state index in [1.807, 2.05) is 13.8 Å². The van der Waals surface area contributed by atoms with Crippen molar-refractivity contribution in [3.8, 4) is 0 Å². The van der Waals surface area contributed by atoms with Crippen LogP contribution in [0.15, 0.2) is 18.2 Å². The third-order valence-corrected chi connectivity index (χ3v) is 2.28. The Bertz CT molecular complexity index is 549. The predicted molar refractivity (Wildman–Crippen MR) is 57.5 cm³/mol. The van der Waals surface area contributed by atoms with E-state index in [1.165, 1.54) is 0 Å². The molecule has 1 aromatic heterocycles. The first-order valence-corrected chi connectivity index (χ1v) is 4.63. The largest absolute Gasteiger partial charge is 0.366 e. The van der Waals surface area contributed by atoms with E-state index < -0.39 is 5.91 Å². The summed E-state index contributed by atoms with van der Waals surface area (Å²) in [4.78, 5) is 19.5. The minimum atomic E-state index is -0.433. The van der Waals surface area contributed by atoms with Crippen LogP contribution in [0.4, 0.5) is 0 Å². The fraction of sp³-hybridized carbons (Fsp3) is 0.182. The first-order chi connectivity index (χ1) is 7.08. The van der Waals surface area contributed by atoms with Crippen LogP contribution in [-0.4, -0.2) is 15.9 Å². The zero-order valence-corrected chi connectivity index (χ0v) is 8.61. The predicted octanol–water partition coefficient (Wildman–Crippen LogP) is 1.35. The third-order valence-electron chi connectivity index (χ3n) is 2.28. The van der Waals surface area contributed by atoms with Crippen molar-refractivity contribution in [3.05, 3.63) is 35.3 Å². The van der Waals surface area contributed by atoms with E-state index in [1.54, 1.807) is 18.2 Å². The molecular weight excluding hydrogens is 190 g/mol. The number of carbonyl (C=O) groups excluding carboxylic acids is 1. The second-order valence-electron chi connectivity index (χ2n) is 3.45. The summed E-state index contributed by atoms with van der Waals surface area (Å²) in [5.74, 6) is 0.295. The fourth-order valence-electron chi connectivity index (χ4n) is 1.58. The van der Waals surface area contributed by atoms with Crippen LogP contribution in [0.1, 0.15) is 21.9 Å². The number of fused-ring (bicyclic) bond motifs is 1. The molecule has 0 radical (unpaired) electrons. The molecule has 0 atom stereocenters. The van der Waals surface area contributed by atoms with Gasteiger partial charge in [0.05, 0.1) is 5.52 Å². The average molecular weight is 201 g/mol. The molecule has 0 fully saturated rings. The van der Waals surface area contributed by atoms with Gasteiger partial charge in [0.1, 0.15) is 5.82 Å². The lowest BCUT2D eigenvalue weighted by Gasteiger charge is -2.03. The first kappa shape index (κ1) is 9.58. The normalized spacial score (nSPS) is 10.5. The molecule has 1 amide bonds. The van der Waals surface area contributed by atoms with Crippen molar-refractivity contribution >= 4 is 16.8 Å². The molecule has 4 heteroatoms. The van der Waals surface area contributed by atoms with Crippen molar-refractivity contribution in [2.45, 2.75) is 13.8 Å². The summed E-state index contributed by atoms with van der Waals surface area (Å²) in [5, 5.41) is 0.872. The summed E-state index contributed by atoms with van der Waals surface area (Å²) in [6.45, 7) is 3.73. The molecular formula is C11H11N3O. The zero-order chi connectivity index (χ0) is 11.0. The Morgan fingerprint density at radius 2 is 2.00 bits per heavy atom. The molecule has 0 aliphatic carbocycles. The lowest BCUT2D eigenvalue weighted by Crippen LogP contribution is -2.10. The molecule has 1 aromatic carbocycles. The van der Waals surface area contributed by atoms with Gasteiger partial charge >= 0.3 is 0 Å². The van der Waals surface area contributed by atoms with Gasteiger partial charge in [0, 0.05) is 16.6 Å². The maximum atomic E-state index is 11.0. The van der Waals surface area contributed by atoms with Gasteiger partial charge in [-0.1, -0.05) is 0 Å². The third kappa shape index (κ3) is 1.66. The van der Waals surface area contributed by atoms with Crippen molar-refractivity contribution in [2.75, 3.05) is 0 Å². The monoisotopic (exact) mass is 201 g/mol. The Kier molecular flexibility index (Phi) is 2.11. The summed E-state index contributed by atoms with van der Waals surface area (Å²) < 4.78 is 0. The van der Waals surface area contributed by atoms with E-state index in [4.69, 9.17) is 5.73 Å². The van der Waals surface area contributed by atoms with Gasteiger partial charge in [0.2, 0.25) is 5.91 Å². The summed E-state index contributed by atoms with van der Waals surface area (Å²) in [7, 11) is 0. The maximum absolute atomic E-state index is 11.0. The maximum Gasteiger partial charge on any atom is 0.248 e. The molecule has 0 spiro atoms. The second kappa shape index (κ2) is 3.31.